The van der Waals surface area contributed by atoms with Gasteiger partial charge in [0, 0.05) is 5.56 Å². The van der Waals surface area contributed by atoms with E-state index in [1.54, 1.807) is 43.5 Å². The zero-order chi connectivity index (χ0) is 24.6. The highest BCUT2D eigenvalue weighted by atomic mass is 16.5. The molecule has 7 heteroatoms. The number of carbonyl (C=O) groups excluding carboxylic acids is 2. The highest BCUT2D eigenvalue weighted by Crippen LogP contribution is 2.29. The molecule has 4 rings (SSSR count). The van der Waals surface area contributed by atoms with Crippen LogP contribution in [-0.2, 0) is 16.0 Å². The maximum Gasteiger partial charge on any atom is 0.282 e. The summed E-state index contributed by atoms with van der Waals surface area (Å²) in [5.74, 6) is 0.905. The fourth-order valence-corrected chi connectivity index (χ4v) is 3.63. The van der Waals surface area contributed by atoms with Crippen molar-refractivity contribution in [2.45, 2.75) is 6.42 Å². The van der Waals surface area contributed by atoms with Gasteiger partial charge < -0.3 is 14.2 Å². The number of ether oxygens (including phenoxy) is 3. The van der Waals surface area contributed by atoms with Crippen molar-refractivity contribution in [1.29, 1.82) is 0 Å². The van der Waals surface area contributed by atoms with Crippen molar-refractivity contribution in [2.75, 3.05) is 25.3 Å². The molecule has 7 nitrogen and oxygen atoms in total. The summed E-state index contributed by atoms with van der Waals surface area (Å²) >= 11 is 0. The van der Waals surface area contributed by atoms with Crippen molar-refractivity contribution >= 4 is 23.6 Å². The molecule has 0 radical (unpaired) electrons. The van der Waals surface area contributed by atoms with E-state index in [1.807, 2.05) is 42.5 Å². The molecule has 1 saturated heterocycles. The molecule has 3 aromatic carbocycles. The first-order chi connectivity index (χ1) is 17.1. The molecular weight excluding hydrogens is 444 g/mol. The summed E-state index contributed by atoms with van der Waals surface area (Å²) in [7, 11) is 1.60. The smallest absolute Gasteiger partial charge is 0.282 e. The van der Waals surface area contributed by atoms with Crippen LogP contribution < -0.4 is 24.6 Å². The van der Waals surface area contributed by atoms with Crippen molar-refractivity contribution in [2.24, 2.45) is 0 Å². The molecule has 3 aromatic rings. The normalized spacial score (nSPS) is 14.1. The van der Waals surface area contributed by atoms with Gasteiger partial charge in [-0.05, 0) is 48.4 Å². The maximum atomic E-state index is 12.9. The summed E-state index contributed by atoms with van der Waals surface area (Å²) in [4.78, 5) is 25.4. The van der Waals surface area contributed by atoms with Gasteiger partial charge in [0.25, 0.3) is 11.8 Å². The lowest BCUT2D eigenvalue weighted by atomic mass is 10.1. The van der Waals surface area contributed by atoms with Crippen molar-refractivity contribution in [3.05, 3.63) is 102 Å². The molecule has 1 heterocycles. The van der Waals surface area contributed by atoms with Gasteiger partial charge in [0.2, 0.25) is 0 Å². The lowest BCUT2D eigenvalue weighted by Crippen LogP contribution is -2.35. The van der Waals surface area contributed by atoms with Gasteiger partial charge in [-0.2, -0.15) is 0 Å². The van der Waals surface area contributed by atoms with E-state index in [0.717, 1.165) is 12.0 Å². The molecule has 178 valence electrons. The quantitative estimate of drug-likeness (QED) is 0.206. The molecule has 2 amide bonds. The second-order valence-electron chi connectivity index (χ2n) is 7.69. The molecule has 0 aromatic heterocycles. The highest BCUT2D eigenvalue weighted by molar-refractivity contribution is 6.31. The van der Waals surface area contributed by atoms with Crippen LogP contribution in [0.4, 0.5) is 5.69 Å². The summed E-state index contributed by atoms with van der Waals surface area (Å²) < 4.78 is 17.2. The van der Waals surface area contributed by atoms with Crippen LogP contribution in [0.25, 0.3) is 6.08 Å². The summed E-state index contributed by atoms with van der Waals surface area (Å²) in [5, 5.41) is 1.24. The highest BCUT2D eigenvalue weighted by Gasteiger charge is 2.34. The fraction of sp³-hybridized carbons (Fsp3) is 0.143. The Hall–Kier alpha value is -4.52. The molecule has 1 aliphatic rings. The third-order valence-electron chi connectivity index (χ3n) is 5.33. The number of hydrogen-bond donors (Lipinski definition) is 1. The summed E-state index contributed by atoms with van der Waals surface area (Å²) in [6, 6.07) is 21.9. The first-order valence-electron chi connectivity index (χ1n) is 11.2. The van der Waals surface area contributed by atoms with Gasteiger partial charge in [0.05, 0.1) is 12.8 Å². The summed E-state index contributed by atoms with van der Waals surface area (Å²) in [6.45, 7) is 4.29. The molecule has 1 aliphatic heterocycles. The van der Waals surface area contributed by atoms with E-state index in [-0.39, 0.29) is 18.8 Å². The largest absolute Gasteiger partial charge is 0.493 e. The minimum Gasteiger partial charge on any atom is -0.493 e. The van der Waals surface area contributed by atoms with E-state index in [4.69, 9.17) is 14.2 Å². The van der Waals surface area contributed by atoms with E-state index in [1.165, 1.54) is 11.1 Å². The fourth-order valence-electron chi connectivity index (χ4n) is 3.63. The molecular formula is C28H26N2O5. The van der Waals surface area contributed by atoms with E-state index in [0.29, 0.717) is 28.5 Å². The Bertz CT molecular complexity index is 1250. The Morgan fingerprint density at radius 1 is 0.886 bits per heavy atom. The lowest BCUT2D eigenvalue weighted by Gasteiger charge is -2.14. The van der Waals surface area contributed by atoms with Gasteiger partial charge in [-0.15, -0.1) is 6.58 Å². The van der Waals surface area contributed by atoms with Crippen LogP contribution in [0.5, 0.6) is 17.2 Å². The van der Waals surface area contributed by atoms with Crippen LogP contribution in [0.2, 0.25) is 0 Å². The van der Waals surface area contributed by atoms with Crippen LogP contribution in [0.1, 0.15) is 11.1 Å². The summed E-state index contributed by atoms with van der Waals surface area (Å²) in [5.41, 5.74) is 4.92. The third kappa shape index (κ3) is 5.52. The number of rotatable bonds is 10. The molecule has 1 fully saturated rings. The van der Waals surface area contributed by atoms with E-state index >= 15 is 0 Å². The average Bonchev–Trinajstić information content (AvgIpc) is 3.17. The van der Waals surface area contributed by atoms with Gasteiger partial charge in [-0.25, -0.2) is 5.01 Å². The van der Waals surface area contributed by atoms with Gasteiger partial charge in [0.15, 0.2) is 11.5 Å². The molecule has 0 saturated carbocycles. The lowest BCUT2D eigenvalue weighted by molar-refractivity contribution is -0.117. The standard InChI is InChI=1S/C28H26N2O5/c1-3-9-20-14-15-25(26(18-20)33-2)35-17-16-34-24-13-8-7-10-21(24)19-23-27(31)29-30(28(23)32)22-11-5-4-6-12-22/h3-8,10-15,18-19H,1,9,16-17H2,2H3,(H,29,31)/b23-19+. The predicted molar refractivity (Wildman–Crippen MR) is 134 cm³/mol. The monoisotopic (exact) mass is 470 g/mol. The third-order valence-corrected chi connectivity index (χ3v) is 5.33. The van der Waals surface area contributed by atoms with Crippen molar-refractivity contribution in [3.8, 4) is 17.2 Å². The molecule has 35 heavy (non-hydrogen) atoms. The van der Waals surface area contributed by atoms with Gasteiger partial charge >= 0.3 is 0 Å². The van der Waals surface area contributed by atoms with Gasteiger partial charge in [-0.3, -0.25) is 15.0 Å². The average molecular weight is 471 g/mol. The van der Waals surface area contributed by atoms with Crippen molar-refractivity contribution in [3.63, 3.8) is 0 Å². The topological polar surface area (TPSA) is 77.1 Å². The number of nitrogens with zero attached hydrogens (tertiary/aromatic N) is 1. The number of anilines is 1. The van der Waals surface area contributed by atoms with Crippen LogP contribution in [0.3, 0.4) is 0 Å². The first-order valence-corrected chi connectivity index (χ1v) is 11.2. The van der Waals surface area contributed by atoms with Crippen molar-refractivity contribution < 1.29 is 23.8 Å². The minimum atomic E-state index is -0.469. The maximum absolute atomic E-state index is 12.9. The van der Waals surface area contributed by atoms with Gasteiger partial charge in [-0.1, -0.05) is 48.5 Å². The Morgan fingerprint density at radius 3 is 2.34 bits per heavy atom. The first kappa shape index (κ1) is 23.6. The van der Waals surface area contributed by atoms with Crippen molar-refractivity contribution in [1.82, 2.24) is 5.43 Å². The molecule has 0 unspecified atom stereocenters. The number of hydrogen-bond acceptors (Lipinski definition) is 5. The second kappa shape index (κ2) is 11.1. The number of methoxy groups -OCH3 is 1. The van der Waals surface area contributed by atoms with E-state index in [2.05, 4.69) is 12.0 Å². The van der Waals surface area contributed by atoms with Crippen LogP contribution >= 0.6 is 0 Å². The number of hydrazine groups is 1. The molecule has 0 aliphatic carbocycles. The molecule has 0 spiro atoms. The molecule has 1 N–H and O–H groups in total. The number of benzene rings is 3. The van der Waals surface area contributed by atoms with Crippen LogP contribution in [-0.4, -0.2) is 32.1 Å². The zero-order valence-corrected chi connectivity index (χ0v) is 19.4. The number of nitrogens with one attached hydrogen (secondary N) is 1. The minimum absolute atomic E-state index is 0.0329. The number of allylic oxidation sites excluding steroid dienone is 1. The Labute approximate surface area is 204 Å². The van der Waals surface area contributed by atoms with Crippen LogP contribution in [0.15, 0.2) is 91.0 Å². The number of carbonyl (C=O) groups is 2. The number of para-hydroxylation sites is 2. The summed E-state index contributed by atoms with van der Waals surface area (Å²) in [6.07, 6.45) is 4.12. The van der Waals surface area contributed by atoms with E-state index in [9.17, 15) is 9.59 Å². The van der Waals surface area contributed by atoms with E-state index < -0.39 is 11.8 Å². The van der Waals surface area contributed by atoms with Gasteiger partial charge in [0.1, 0.15) is 24.5 Å². The number of amides is 2. The Balaban J connectivity index is 1.42. The predicted octanol–water partition coefficient (Wildman–Crippen LogP) is 4.34. The Kier molecular flexibility index (Phi) is 7.47. The zero-order valence-electron chi connectivity index (χ0n) is 19.4. The molecule has 0 bridgehead atoms. The molecule has 0 atom stereocenters. The van der Waals surface area contributed by atoms with Crippen LogP contribution in [0, 0.1) is 0 Å². The Morgan fingerprint density at radius 2 is 1.60 bits per heavy atom. The SMILES string of the molecule is C=CCc1ccc(OCCOc2ccccc2/C=C2\C(=O)NN(c3ccccc3)C2=O)c(OC)c1. The second-order valence-corrected chi connectivity index (χ2v) is 7.69.